The lowest BCUT2D eigenvalue weighted by Crippen LogP contribution is -2.57. The first-order valence-corrected chi connectivity index (χ1v) is 8.54. The molecule has 1 atom stereocenters. The molecule has 1 saturated heterocycles. The largest absolute Gasteiger partial charge is 0.494 e. The Morgan fingerprint density at radius 1 is 1.24 bits per heavy atom. The number of esters is 1. The first kappa shape index (κ1) is 18.8. The van der Waals surface area contributed by atoms with E-state index in [-0.39, 0.29) is 24.8 Å². The minimum atomic E-state index is -0.851. The zero-order valence-corrected chi connectivity index (χ0v) is 14.6. The van der Waals surface area contributed by atoms with Gasteiger partial charge in [0.25, 0.3) is 5.91 Å². The molecule has 25 heavy (non-hydrogen) atoms. The molecule has 0 spiro atoms. The first-order chi connectivity index (χ1) is 12.1. The second-order valence-electron chi connectivity index (χ2n) is 5.69. The molecule has 1 aliphatic rings. The zero-order chi connectivity index (χ0) is 18.2. The lowest BCUT2D eigenvalue weighted by atomic mass is 10.1. The van der Waals surface area contributed by atoms with E-state index in [1.165, 1.54) is 4.90 Å². The minimum absolute atomic E-state index is 0.150. The van der Waals surface area contributed by atoms with Crippen LogP contribution in [0.25, 0.3) is 0 Å². The van der Waals surface area contributed by atoms with Crippen LogP contribution < -0.4 is 10.1 Å². The van der Waals surface area contributed by atoms with Gasteiger partial charge in [0.2, 0.25) is 5.91 Å². The number of piperazine rings is 1. The number of nitrogens with zero attached hydrogens (tertiary/aromatic N) is 1. The van der Waals surface area contributed by atoms with Crippen molar-refractivity contribution in [3.05, 3.63) is 29.8 Å². The SMILES string of the molecule is CCCOc1ccc(C(=O)N2CCNC(=O)[C@H]2CC(=O)OCC)cc1. The Labute approximate surface area is 147 Å². The zero-order valence-electron chi connectivity index (χ0n) is 14.6. The normalized spacial score (nSPS) is 17.0. The van der Waals surface area contributed by atoms with Crippen molar-refractivity contribution in [1.29, 1.82) is 0 Å². The van der Waals surface area contributed by atoms with Crippen molar-refractivity contribution in [2.24, 2.45) is 0 Å². The van der Waals surface area contributed by atoms with Crippen molar-refractivity contribution in [2.45, 2.75) is 32.7 Å². The molecule has 1 heterocycles. The number of amides is 2. The van der Waals surface area contributed by atoms with Crippen molar-refractivity contribution >= 4 is 17.8 Å². The van der Waals surface area contributed by atoms with E-state index in [9.17, 15) is 14.4 Å². The van der Waals surface area contributed by atoms with Gasteiger partial charge >= 0.3 is 5.97 Å². The van der Waals surface area contributed by atoms with Gasteiger partial charge in [-0.05, 0) is 37.6 Å². The van der Waals surface area contributed by atoms with Gasteiger partial charge in [0.05, 0.1) is 19.6 Å². The summed E-state index contributed by atoms with van der Waals surface area (Å²) in [4.78, 5) is 38.1. The van der Waals surface area contributed by atoms with E-state index in [0.717, 1.165) is 6.42 Å². The summed E-state index contributed by atoms with van der Waals surface area (Å²) < 4.78 is 10.4. The van der Waals surface area contributed by atoms with Gasteiger partial charge in [0.15, 0.2) is 0 Å². The number of hydrogen-bond acceptors (Lipinski definition) is 5. The van der Waals surface area contributed by atoms with E-state index in [1.54, 1.807) is 31.2 Å². The van der Waals surface area contributed by atoms with Crippen LogP contribution in [0.2, 0.25) is 0 Å². The van der Waals surface area contributed by atoms with E-state index >= 15 is 0 Å². The fraction of sp³-hybridized carbons (Fsp3) is 0.500. The van der Waals surface area contributed by atoms with Gasteiger partial charge in [-0.3, -0.25) is 14.4 Å². The summed E-state index contributed by atoms with van der Waals surface area (Å²) in [6, 6.07) is 5.94. The maximum Gasteiger partial charge on any atom is 0.308 e. The molecule has 1 N–H and O–H groups in total. The van der Waals surface area contributed by atoms with Crippen LogP contribution in [-0.4, -0.2) is 55.0 Å². The number of carbonyl (C=O) groups excluding carboxylic acids is 3. The van der Waals surface area contributed by atoms with Crippen molar-refractivity contribution in [2.75, 3.05) is 26.3 Å². The van der Waals surface area contributed by atoms with Crippen LogP contribution in [0.3, 0.4) is 0 Å². The van der Waals surface area contributed by atoms with Crippen LogP contribution in [0.4, 0.5) is 0 Å². The van der Waals surface area contributed by atoms with Crippen molar-refractivity contribution in [3.63, 3.8) is 0 Å². The standard InChI is InChI=1S/C18H24N2O5/c1-3-11-25-14-7-5-13(6-8-14)18(23)20-10-9-19-17(22)15(20)12-16(21)24-4-2/h5-8,15H,3-4,9-12H2,1-2H3,(H,19,22)/t15-/m1/s1. The number of benzene rings is 1. The molecule has 0 unspecified atom stereocenters. The van der Waals surface area contributed by atoms with Crippen LogP contribution in [0.5, 0.6) is 5.75 Å². The molecule has 7 heteroatoms. The third-order valence-corrected chi connectivity index (χ3v) is 3.83. The van der Waals surface area contributed by atoms with Crippen LogP contribution in [-0.2, 0) is 14.3 Å². The number of rotatable bonds is 7. The summed E-state index contributed by atoms with van der Waals surface area (Å²) in [5.41, 5.74) is 0.451. The maximum atomic E-state index is 12.8. The average molecular weight is 348 g/mol. The van der Waals surface area contributed by atoms with Crippen molar-refractivity contribution in [1.82, 2.24) is 10.2 Å². The molecule has 1 fully saturated rings. The Hall–Kier alpha value is -2.57. The van der Waals surface area contributed by atoms with Crippen molar-refractivity contribution in [3.8, 4) is 5.75 Å². The van der Waals surface area contributed by atoms with Gasteiger partial charge in [-0.25, -0.2) is 0 Å². The summed E-state index contributed by atoms with van der Waals surface area (Å²) in [7, 11) is 0. The molecular formula is C18H24N2O5. The van der Waals surface area contributed by atoms with Crippen LogP contribution in [0.1, 0.15) is 37.0 Å². The van der Waals surface area contributed by atoms with Crippen LogP contribution >= 0.6 is 0 Å². The van der Waals surface area contributed by atoms with E-state index in [1.807, 2.05) is 6.92 Å². The highest BCUT2D eigenvalue weighted by Gasteiger charge is 2.35. The third-order valence-electron chi connectivity index (χ3n) is 3.83. The Morgan fingerprint density at radius 2 is 1.96 bits per heavy atom. The molecule has 0 aliphatic carbocycles. The first-order valence-electron chi connectivity index (χ1n) is 8.54. The molecule has 0 bridgehead atoms. The second-order valence-corrected chi connectivity index (χ2v) is 5.69. The molecular weight excluding hydrogens is 324 g/mol. The van der Waals surface area contributed by atoms with Crippen LogP contribution in [0.15, 0.2) is 24.3 Å². The molecule has 1 aromatic carbocycles. The van der Waals surface area contributed by atoms with Crippen LogP contribution in [0, 0.1) is 0 Å². The van der Waals surface area contributed by atoms with Gasteiger partial charge in [-0.1, -0.05) is 6.92 Å². The quantitative estimate of drug-likeness (QED) is 0.752. The molecule has 0 saturated carbocycles. The summed E-state index contributed by atoms with van der Waals surface area (Å²) in [6.45, 7) is 5.28. The average Bonchev–Trinajstić information content (AvgIpc) is 2.62. The smallest absolute Gasteiger partial charge is 0.308 e. The Bertz CT molecular complexity index is 614. The predicted octanol–water partition coefficient (Wildman–Crippen LogP) is 1.37. The number of ether oxygens (including phenoxy) is 2. The lowest BCUT2D eigenvalue weighted by Gasteiger charge is -2.34. The molecule has 2 amide bonds. The van der Waals surface area contributed by atoms with Gasteiger partial charge in [-0.2, -0.15) is 0 Å². The van der Waals surface area contributed by atoms with E-state index in [4.69, 9.17) is 9.47 Å². The van der Waals surface area contributed by atoms with Gasteiger partial charge in [-0.15, -0.1) is 0 Å². The van der Waals surface area contributed by atoms with Gasteiger partial charge in [0.1, 0.15) is 11.8 Å². The Kier molecular flexibility index (Phi) is 6.80. The minimum Gasteiger partial charge on any atom is -0.494 e. The maximum absolute atomic E-state index is 12.8. The molecule has 1 aliphatic heterocycles. The Morgan fingerprint density at radius 3 is 2.60 bits per heavy atom. The molecule has 1 aromatic rings. The number of nitrogens with one attached hydrogen (secondary N) is 1. The van der Waals surface area contributed by atoms with E-state index in [2.05, 4.69) is 5.32 Å². The number of hydrogen-bond donors (Lipinski definition) is 1. The molecule has 0 aromatic heterocycles. The lowest BCUT2D eigenvalue weighted by molar-refractivity contribution is -0.147. The summed E-state index contributed by atoms with van der Waals surface area (Å²) in [5.74, 6) is -0.426. The Balaban J connectivity index is 2.11. The van der Waals surface area contributed by atoms with E-state index < -0.39 is 12.0 Å². The summed E-state index contributed by atoms with van der Waals surface area (Å²) in [6.07, 6.45) is 0.752. The molecule has 2 rings (SSSR count). The topological polar surface area (TPSA) is 84.9 Å². The molecule has 136 valence electrons. The fourth-order valence-corrected chi connectivity index (χ4v) is 2.62. The highest BCUT2D eigenvalue weighted by Crippen LogP contribution is 2.18. The number of carbonyl (C=O) groups is 3. The second kappa shape index (κ2) is 9.05. The van der Waals surface area contributed by atoms with Gasteiger partial charge < -0.3 is 19.7 Å². The highest BCUT2D eigenvalue weighted by molar-refractivity contribution is 5.99. The monoisotopic (exact) mass is 348 g/mol. The highest BCUT2D eigenvalue weighted by atomic mass is 16.5. The van der Waals surface area contributed by atoms with Gasteiger partial charge in [0, 0.05) is 18.7 Å². The van der Waals surface area contributed by atoms with E-state index in [0.29, 0.717) is 31.0 Å². The summed E-state index contributed by atoms with van der Waals surface area (Å²) >= 11 is 0. The summed E-state index contributed by atoms with van der Waals surface area (Å²) in [5, 5.41) is 2.69. The van der Waals surface area contributed by atoms with Crippen molar-refractivity contribution < 1.29 is 23.9 Å². The predicted molar refractivity (Wildman–Crippen MR) is 91.3 cm³/mol. The third kappa shape index (κ3) is 4.95. The molecule has 7 nitrogen and oxygen atoms in total. The fourth-order valence-electron chi connectivity index (χ4n) is 2.62. The molecule has 0 radical (unpaired) electrons.